The summed E-state index contributed by atoms with van der Waals surface area (Å²) < 4.78 is 1.24. The van der Waals surface area contributed by atoms with E-state index in [-0.39, 0.29) is 70.2 Å². The summed E-state index contributed by atoms with van der Waals surface area (Å²) in [6, 6.07) is 6.82. The van der Waals surface area contributed by atoms with Crippen LogP contribution >= 0.6 is 0 Å². The van der Waals surface area contributed by atoms with E-state index in [1.165, 1.54) is 3.07 Å². The van der Waals surface area contributed by atoms with Crippen LogP contribution in [0.2, 0.25) is 0 Å². The first kappa shape index (κ1) is 20.1. The third-order valence-corrected chi connectivity index (χ3v) is 3.02. The Bertz CT molecular complexity index is 250. The van der Waals surface area contributed by atoms with E-state index < -0.39 is 5.97 Å². The first-order valence-electron chi connectivity index (χ1n) is 2.83. The number of hydrogen-bond donors (Lipinski definition) is 0. The Labute approximate surface area is 137 Å². The van der Waals surface area contributed by atoms with Crippen LogP contribution in [0.5, 0.6) is 0 Å². The van der Waals surface area contributed by atoms with Gasteiger partial charge in [0.2, 0.25) is 0 Å². The minimum absolute atomic E-state index is 0. The molecule has 0 unspecified atom stereocenters. The molecule has 0 saturated carbocycles. The normalized spacial score (nSPS) is 7.23. The molecule has 0 radical (unpaired) electrons. The standard InChI is InChI=1S/C7H5O2.Hg.2Na.H2O/c8-7(9)6-4-2-1-3-5-6;;;;/h2-5H,(H,8,9);;;;1H2/q;;2*+1;/p-2. The molecule has 1 aromatic rings. The third-order valence-electron chi connectivity index (χ3n) is 1.19. The Morgan fingerprint density at radius 3 is 1.85 bits per heavy atom. The van der Waals surface area contributed by atoms with Crippen molar-refractivity contribution in [1.82, 2.24) is 0 Å². The molecule has 0 aromatic heterocycles. The van der Waals surface area contributed by atoms with Crippen molar-refractivity contribution in [3.05, 3.63) is 29.8 Å². The molecule has 0 saturated heterocycles. The summed E-state index contributed by atoms with van der Waals surface area (Å²) in [4.78, 5) is 10.2. The summed E-state index contributed by atoms with van der Waals surface area (Å²) >= 11 is 0.575. The molecular formula is C7H5HgNa2O3. The van der Waals surface area contributed by atoms with Crippen LogP contribution in [0.25, 0.3) is 0 Å². The number of carboxylic acid groups (broad SMARTS) is 1. The zero-order valence-corrected chi connectivity index (χ0v) is 17.3. The molecular weight excluding hydrogens is 379 g/mol. The van der Waals surface area contributed by atoms with Crippen molar-refractivity contribution >= 4 is 9.04 Å². The minimum atomic E-state index is -1.10. The summed E-state index contributed by atoms with van der Waals surface area (Å²) in [7, 11) is 0. The minimum Gasteiger partial charge on any atom is -0.870 e. The molecule has 6 heteroatoms. The Morgan fingerprint density at radius 2 is 1.54 bits per heavy atom. The number of rotatable bonds is 1. The molecule has 13 heavy (non-hydrogen) atoms. The van der Waals surface area contributed by atoms with Gasteiger partial charge in [0.05, 0.1) is 0 Å². The van der Waals surface area contributed by atoms with Crippen molar-refractivity contribution in [3.63, 3.8) is 0 Å². The van der Waals surface area contributed by atoms with Gasteiger partial charge in [-0.3, -0.25) is 0 Å². The van der Waals surface area contributed by atoms with E-state index in [0.717, 1.165) is 0 Å². The molecule has 1 aromatic carbocycles. The maximum atomic E-state index is 10.2. The van der Waals surface area contributed by atoms with Gasteiger partial charge in [-0.2, -0.15) is 0 Å². The zero-order valence-electron chi connectivity index (χ0n) is 7.78. The van der Waals surface area contributed by atoms with Crippen LogP contribution in [0.15, 0.2) is 24.3 Å². The first-order valence-corrected chi connectivity index (χ1v) is 5.58. The molecule has 1 rings (SSSR count). The summed E-state index contributed by atoms with van der Waals surface area (Å²) in [5.74, 6) is -1.10. The van der Waals surface area contributed by atoms with Crippen molar-refractivity contribution in [3.8, 4) is 0 Å². The summed E-state index contributed by atoms with van der Waals surface area (Å²) in [6.07, 6.45) is 0. The largest absolute Gasteiger partial charge is 1.00 e. The van der Waals surface area contributed by atoms with Gasteiger partial charge in [-0.25, -0.2) is 0 Å². The van der Waals surface area contributed by atoms with E-state index in [2.05, 4.69) is 0 Å². The molecule has 3 nitrogen and oxygen atoms in total. The summed E-state index contributed by atoms with van der Waals surface area (Å²) in [5, 5.41) is 10.2. The van der Waals surface area contributed by atoms with Crippen molar-refractivity contribution in [2.75, 3.05) is 0 Å². The second kappa shape index (κ2) is 10.1. The van der Waals surface area contributed by atoms with E-state index >= 15 is 0 Å². The third kappa shape index (κ3) is 7.51. The Kier molecular flexibility index (Phi) is 15.6. The molecule has 0 aliphatic heterocycles. The van der Waals surface area contributed by atoms with Gasteiger partial charge in [-0.15, -0.1) is 0 Å². The summed E-state index contributed by atoms with van der Waals surface area (Å²) in [5.41, 5.74) is 0.259. The predicted octanol–water partition coefficient (Wildman–Crippen LogP) is -6.95. The maximum Gasteiger partial charge on any atom is 1.00 e. The molecule has 0 atom stereocenters. The number of carbonyl (C=O) groups is 1. The molecule has 0 aliphatic carbocycles. The molecule has 0 heterocycles. The number of hydrogen-bond acceptors (Lipinski definition) is 3. The molecule has 0 aliphatic rings. The Hall–Kier alpha value is 1.59. The average molecular weight is 384 g/mol. The molecule has 55 valence electrons. The van der Waals surface area contributed by atoms with Crippen LogP contribution in [0.1, 0.15) is 10.4 Å². The second-order valence-electron chi connectivity index (χ2n) is 1.98. The van der Waals surface area contributed by atoms with Crippen molar-refractivity contribution in [1.29, 1.82) is 0 Å². The van der Waals surface area contributed by atoms with Gasteiger partial charge in [-0.05, 0) is 0 Å². The van der Waals surface area contributed by atoms with Crippen LogP contribution < -0.4 is 67.3 Å². The maximum absolute atomic E-state index is 10.2. The monoisotopic (exact) mass is 385 g/mol. The van der Waals surface area contributed by atoms with E-state index in [1.807, 2.05) is 12.1 Å². The van der Waals surface area contributed by atoms with E-state index in [9.17, 15) is 9.90 Å². The smallest absolute Gasteiger partial charge is 0.870 e. The Morgan fingerprint density at radius 1 is 1.15 bits per heavy atom. The van der Waals surface area contributed by atoms with Crippen molar-refractivity contribution in [2.45, 2.75) is 0 Å². The number of carbonyl (C=O) groups excluding carboxylic acids is 1. The van der Waals surface area contributed by atoms with Gasteiger partial charge < -0.3 is 5.48 Å². The molecule has 0 fully saturated rings. The second-order valence-corrected chi connectivity index (χ2v) is 5.16. The Balaban J connectivity index is -0.000000333. The van der Waals surface area contributed by atoms with Gasteiger partial charge in [0.25, 0.3) is 0 Å². The summed E-state index contributed by atoms with van der Waals surface area (Å²) in [6.45, 7) is 0. The van der Waals surface area contributed by atoms with Gasteiger partial charge >= 0.3 is 134 Å². The van der Waals surface area contributed by atoms with Crippen LogP contribution in [-0.2, 0) is 26.1 Å². The average Bonchev–Trinajstić information content (AvgIpc) is 1.88. The predicted molar refractivity (Wildman–Crippen MR) is 32.3 cm³/mol. The van der Waals surface area contributed by atoms with Crippen molar-refractivity contribution < 1.29 is 101 Å². The molecule has 0 bridgehead atoms. The molecule has 0 amide bonds. The van der Waals surface area contributed by atoms with Crippen molar-refractivity contribution in [2.24, 2.45) is 0 Å². The zero-order chi connectivity index (χ0) is 7.56. The fourth-order valence-corrected chi connectivity index (χ4v) is 1.56. The number of carboxylic acids is 1. The fourth-order valence-electron chi connectivity index (χ4n) is 0.641. The van der Waals surface area contributed by atoms with Crippen LogP contribution in [0, 0.1) is 0 Å². The molecule has 0 spiro atoms. The van der Waals surface area contributed by atoms with E-state index in [1.54, 1.807) is 12.1 Å². The molecule has 1 N–H and O–H groups in total. The van der Waals surface area contributed by atoms with Crippen LogP contribution in [0.4, 0.5) is 0 Å². The van der Waals surface area contributed by atoms with Crippen LogP contribution in [-0.4, -0.2) is 11.4 Å². The number of aromatic carboxylic acids is 1. The van der Waals surface area contributed by atoms with Gasteiger partial charge in [0.15, 0.2) is 0 Å². The first-order chi connectivity index (χ1) is 4.70. The topological polar surface area (TPSA) is 70.1 Å². The number of benzene rings is 1. The van der Waals surface area contributed by atoms with Crippen LogP contribution in [0.3, 0.4) is 0 Å². The van der Waals surface area contributed by atoms with E-state index in [4.69, 9.17) is 0 Å². The fraction of sp³-hybridized carbons (Fsp3) is 0. The van der Waals surface area contributed by atoms with Gasteiger partial charge in [-0.1, -0.05) is 0 Å². The van der Waals surface area contributed by atoms with Gasteiger partial charge in [0.1, 0.15) is 0 Å². The quantitative estimate of drug-likeness (QED) is 0.453. The van der Waals surface area contributed by atoms with E-state index in [0.29, 0.717) is 26.1 Å². The SMILES string of the molecule is O=C([O-])c1cc[c]([Hg])cc1.[Na+].[Na+].[OH-]. The van der Waals surface area contributed by atoms with Gasteiger partial charge in [0, 0.05) is 0 Å².